The van der Waals surface area contributed by atoms with Crippen molar-refractivity contribution in [3.8, 4) is 0 Å². The molecule has 0 aliphatic carbocycles. The van der Waals surface area contributed by atoms with Crippen molar-refractivity contribution in [1.29, 1.82) is 0 Å². The highest BCUT2D eigenvalue weighted by Crippen LogP contribution is 2.16. The summed E-state index contributed by atoms with van der Waals surface area (Å²) in [6.45, 7) is 1.69. The predicted molar refractivity (Wildman–Crippen MR) is 69.4 cm³/mol. The van der Waals surface area contributed by atoms with Gasteiger partial charge in [-0.25, -0.2) is 22.5 Å². The predicted octanol–water partition coefficient (Wildman–Crippen LogP) is 2.26. The van der Waals surface area contributed by atoms with Crippen LogP contribution in [-0.2, 0) is 10.0 Å². The number of sulfonamides is 1. The fraction of sp³-hybridized carbons (Fsp3) is 0.154. The normalized spacial score (nSPS) is 13.2. The second kappa shape index (κ2) is 5.46. The van der Waals surface area contributed by atoms with Crippen LogP contribution >= 0.6 is 0 Å². The van der Waals surface area contributed by atoms with E-state index in [0.717, 1.165) is 11.6 Å². The highest BCUT2D eigenvalue weighted by Gasteiger charge is 2.23. The number of nitrogens with one attached hydrogen (secondary N) is 1. The van der Waals surface area contributed by atoms with Gasteiger partial charge in [0.05, 0.1) is 0 Å². The van der Waals surface area contributed by atoms with E-state index in [9.17, 15) is 12.8 Å². The van der Waals surface area contributed by atoms with Crippen molar-refractivity contribution in [1.82, 2.24) is 9.71 Å². The lowest BCUT2D eigenvalue weighted by Gasteiger charge is -2.14. The molecule has 0 saturated carbocycles. The summed E-state index contributed by atoms with van der Waals surface area (Å²) >= 11 is 0. The molecule has 1 atom stereocenters. The van der Waals surface area contributed by atoms with E-state index in [2.05, 4.69) is 9.71 Å². The molecule has 2 aromatic rings. The lowest BCUT2D eigenvalue weighted by Crippen LogP contribution is -2.28. The molecule has 19 heavy (non-hydrogen) atoms. The summed E-state index contributed by atoms with van der Waals surface area (Å²) in [6, 6.07) is 11.0. The summed E-state index contributed by atoms with van der Waals surface area (Å²) in [5, 5.41) is -0.585. The maximum absolute atomic E-state index is 13.5. The van der Waals surface area contributed by atoms with Gasteiger partial charge >= 0.3 is 0 Å². The zero-order valence-corrected chi connectivity index (χ0v) is 11.1. The van der Waals surface area contributed by atoms with Gasteiger partial charge in [-0.15, -0.1) is 0 Å². The van der Waals surface area contributed by atoms with E-state index in [1.165, 1.54) is 12.3 Å². The number of aromatic nitrogens is 1. The van der Waals surface area contributed by atoms with Crippen LogP contribution in [0.25, 0.3) is 0 Å². The largest absolute Gasteiger partial charge is 0.261 e. The molecule has 1 aromatic carbocycles. The molecule has 0 aliphatic rings. The van der Waals surface area contributed by atoms with Crippen LogP contribution in [0.5, 0.6) is 0 Å². The van der Waals surface area contributed by atoms with Crippen molar-refractivity contribution in [3.63, 3.8) is 0 Å². The molecule has 1 N–H and O–H groups in total. The first kappa shape index (κ1) is 13.6. The fourth-order valence-electron chi connectivity index (χ4n) is 1.67. The van der Waals surface area contributed by atoms with E-state index in [4.69, 9.17) is 0 Å². The first-order valence-corrected chi connectivity index (χ1v) is 7.17. The van der Waals surface area contributed by atoms with Crippen molar-refractivity contribution >= 4 is 10.0 Å². The highest BCUT2D eigenvalue weighted by molar-refractivity contribution is 7.89. The number of benzene rings is 1. The summed E-state index contributed by atoms with van der Waals surface area (Å²) in [6.07, 6.45) is 1.24. The van der Waals surface area contributed by atoms with Gasteiger partial charge in [-0.05, 0) is 24.6 Å². The third-order valence-electron chi connectivity index (χ3n) is 2.61. The Bertz CT molecular complexity index is 659. The zero-order valence-electron chi connectivity index (χ0n) is 10.2. The van der Waals surface area contributed by atoms with E-state index in [-0.39, 0.29) is 0 Å². The van der Waals surface area contributed by atoms with Crippen LogP contribution in [0, 0.1) is 5.82 Å². The lowest BCUT2D eigenvalue weighted by atomic mass is 10.1. The maximum Gasteiger partial charge on any atom is 0.261 e. The van der Waals surface area contributed by atoms with Crippen LogP contribution < -0.4 is 4.72 Å². The van der Waals surface area contributed by atoms with Crippen LogP contribution in [0.4, 0.5) is 4.39 Å². The molecular formula is C13H13FN2O2S. The van der Waals surface area contributed by atoms with Crippen molar-refractivity contribution in [2.24, 2.45) is 0 Å². The molecule has 4 nitrogen and oxygen atoms in total. The second-order valence-corrected chi connectivity index (χ2v) is 5.67. The van der Waals surface area contributed by atoms with E-state index in [1.807, 2.05) is 18.2 Å². The molecule has 0 fully saturated rings. The van der Waals surface area contributed by atoms with Gasteiger partial charge in [-0.3, -0.25) is 0 Å². The Morgan fingerprint density at radius 1 is 1.16 bits per heavy atom. The molecular weight excluding hydrogens is 267 g/mol. The van der Waals surface area contributed by atoms with Crippen LogP contribution in [0.1, 0.15) is 18.5 Å². The van der Waals surface area contributed by atoms with E-state index in [0.29, 0.717) is 0 Å². The Balaban J connectivity index is 2.26. The summed E-state index contributed by atoms with van der Waals surface area (Å²) < 4.78 is 39.9. The molecule has 0 bridgehead atoms. The number of rotatable bonds is 4. The summed E-state index contributed by atoms with van der Waals surface area (Å²) in [5.41, 5.74) is 0.794. The molecule has 100 valence electrons. The molecule has 6 heteroatoms. The Kier molecular flexibility index (Phi) is 3.92. The Morgan fingerprint density at radius 2 is 1.84 bits per heavy atom. The van der Waals surface area contributed by atoms with Crippen LogP contribution in [-0.4, -0.2) is 13.4 Å². The molecule has 2 rings (SSSR count). The molecule has 0 spiro atoms. The zero-order chi connectivity index (χ0) is 13.9. The van der Waals surface area contributed by atoms with Gasteiger partial charge in [-0.1, -0.05) is 30.3 Å². The minimum atomic E-state index is -3.97. The van der Waals surface area contributed by atoms with Gasteiger partial charge in [0.25, 0.3) is 10.0 Å². The van der Waals surface area contributed by atoms with E-state index in [1.54, 1.807) is 19.1 Å². The molecule has 0 saturated heterocycles. The van der Waals surface area contributed by atoms with E-state index >= 15 is 0 Å². The van der Waals surface area contributed by atoms with E-state index < -0.39 is 26.9 Å². The van der Waals surface area contributed by atoms with Gasteiger partial charge in [0, 0.05) is 12.2 Å². The standard InChI is InChI=1S/C13H13FN2O2S/c1-10(11-6-3-2-4-7-11)16-19(17,18)13-12(14)8-5-9-15-13/h2-10,16H,1H3/t10-/m1/s1. The quantitative estimate of drug-likeness (QED) is 0.934. The van der Waals surface area contributed by atoms with Crippen molar-refractivity contribution in [2.45, 2.75) is 18.0 Å². The SMILES string of the molecule is C[C@@H](NS(=O)(=O)c1ncccc1F)c1ccccc1. The molecule has 0 aliphatic heterocycles. The molecule has 0 radical (unpaired) electrons. The molecule has 0 unspecified atom stereocenters. The van der Waals surface area contributed by atoms with Crippen molar-refractivity contribution in [2.75, 3.05) is 0 Å². The first-order chi connectivity index (χ1) is 9.00. The van der Waals surface area contributed by atoms with Gasteiger partial charge in [0.2, 0.25) is 5.03 Å². The lowest BCUT2D eigenvalue weighted by molar-refractivity contribution is 0.536. The van der Waals surface area contributed by atoms with Crippen molar-refractivity contribution < 1.29 is 12.8 Å². The first-order valence-electron chi connectivity index (χ1n) is 5.68. The van der Waals surface area contributed by atoms with Gasteiger partial charge in [-0.2, -0.15) is 0 Å². The number of pyridine rings is 1. The molecule has 1 aromatic heterocycles. The van der Waals surface area contributed by atoms with Gasteiger partial charge in [0.1, 0.15) is 0 Å². The monoisotopic (exact) mass is 280 g/mol. The molecule has 1 heterocycles. The fourth-order valence-corrected chi connectivity index (χ4v) is 2.90. The summed E-state index contributed by atoms with van der Waals surface area (Å²) in [4.78, 5) is 3.57. The van der Waals surface area contributed by atoms with Crippen LogP contribution in [0.2, 0.25) is 0 Å². The van der Waals surface area contributed by atoms with Gasteiger partial charge in [0.15, 0.2) is 5.82 Å². The van der Waals surface area contributed by atoms with Crippen molar-refractivity contribution in [3.05, 3.63) is 60.0 Å². The number of nitrogens with zero attached hydrogens (tertiary/aromatic N) is 1. The van der Waals surface area contributed by atoms with Gasteiger partial charge < -0.3 is 0 Å². The van der Waals surface area contributed by atoms with Crippen LogP contribution in [0.15, 0.2) is 53.7 Å². The highest BCUT2D eigenvalue weighted by atomic mass is 32.2. The smallest absolute Gasteiger partial charge is 0.241 e. The average Bonchev–Trinajstić information content (AvgIpc) is 2.39. The average molecular weight is 280 g/mol. The number of hydrogen-bond acceptors (Lipinski definition) is 3. The molecule has 0 amide bonds. The van der Waals surface area contributed by atoms with Crippen LogP contribution in [0.3, 0.4) is 0 Å². The Hall–Kier alpha value is -1.79. The topological polar surface area (TPSA) is 59.1 Å². The number of hydrogen-bond donors (Lipinski definition) is 1. The minimum absolute atomic E-state index is 0.465. The summed E-state index contributed by atoms with van der Waals surface area (Å²) in [7, 11) is -3.97. The minimum Gasteiger partial charge on any atom is -0.241 e. The maximum atomic E-state index is 13.5. The third kappa shape index (κ3) is 3.15. The Labute approximate surface area is 111 Å². The third-order valence-corrected chi connectivity index (χ3v) is 4.08. The summed E-state index contributed by atoms with van der Waals surface area (Å²) in [5.74, 6) is -0.865. The second-order valence-electron chi connectivity index (χ2n) is 4.04. The number of halogens is 1. The Morgan fingerprint density at radius 3 is 2.47 bits per heavy atom.